The minimum atomic E-state index is -0.406. The van der Waals surface area contributed by atoms with E-state index in [1.54, 1.807) is 7.11 Å². The highest BCUT2D eigenvalue weighted by Crippen LogP contribution is 2.21. The minimum Gasteiger partial charge on any atom is -0.497 e. The summed E-state index contributed by atoms with van der Waals surface area (Å²) in [4.78, 5) is 11.7. The molecule has 0 aromatic heterocycles. The van der Waals surface area contributed by atoms with E-state index in [1.807, 2.05) is 45.0 Å². The van der Waals surface area contributed by atoms with Crippen molar-refractivity contribution in [2.24, 2.45) is 5.41 Å². The van der Waals surface area contributed by atoms with Gasteiger partial charge in [-0.1, -0.05) is 6.92 Å². The Bertz CT molecular complexity index is 409. The first-order valence-corrected chi connectivity index (χ1v) is 6.93. The van der Waals surface area contributed by atoms with Gasteiger partial charge in [-0.05, 0) is 44.5 Å². The first-order chi connectivity index (χ1) is 9.49. The van der Waals surface area contributed by atoms with E-state index in [-0.39, 0.29) is 5.97 Å². The second kappa shape index (κ2) is 7.78. The molecule has 0 bridgehead atoms. The van der Waals surface area contributed by atoms with Crippen molar-refractivity contribution in [2.45, 2.75) is 33.6 Å². The van der Waals surface area contributed by atoms with Gasteiger partial charge in [0.25, 0.3) is 0 Å². The van der Waals surface area contributed by atoms with Gasteiger partial charge < -0.3 is 14.2 Å². The van der Waals surface area contributed by atoms with Crippen molar-refractivity contribution in [3.8, 4) is 11.5 Å². The van der Waals surface area contributed by atoms with E-state index in [9.17, 15) is 4.79 Å². The van der Waals surface area contributed by atoms with Gasteiger partial charge in [-0.3, -0.25) is 4.79 Å². The summed E-state index contributed by atoms with van der Waals surface area (Å²) < 4.78 is 15.9. The third-order valence-electron chi connectivity index (χ3n) is 3.29. The van der Waals surface area contributed by atoms with Crippen molar-refractivity contribution in [3.63, 3.8) is 0 Å². The highest BCUT2D eigenvalue weighted by molar-refractivity contribution is 5.75. The summed E-state index contributed by atoms with van der Waals surface area (Å²) in [5.74, 6) is 1.43. The molecule has 0 spiro atoms. The molecule has 0 atom stereocenters. The van der Waals surface area contributed by atoms with Crippen molar-refractivity contribution in [3.05, 3.63) is 24.3 Å². The van der Waals surface area contributed by atoms with Gasteiger partial charge in [0.1, 0.15) is 11.5 Å². The summed E-state index contributed by atoms with van der Waals surface area (Å²) in [7, 11) is 1.63. The Balaban J connectivity index is 2.20. The highest BCUT2D eigenvalue weighted by atomic mass is 16.5. The normalized spacial score (nSPS) is 11.0. The summed E-state index contributed by atoms with van der Waals surface area (Å²) in [6.07, 6.45) is 1.45. The molecule has 112 valence electrons. The van der Waals surface area contributed by atoms with E-state index in [0.29, 0.717) is 19.6 Å². The van der Waals surface area contributed by atoms with Gasteiger partial charge in [0.2, 0.25) is 0 Å². The van der Waals surface area contributed by atoms with E-state index < -0.39 is 5.41 Å². The van der Waals surface area contributed by atoms with Gasteiger partial charge in [-0.25, -0.2) is 0 Å². The second-order valence-corrected chi connectivity index (χ2v) is 5.25. The zero-order chi connectivity index (χ0) is 15.0. The number of benzene rings is 1. The number of methoxy groups -OCH3 is 1. The molecule has 0 fully saturated rings. The summed E-state index contributed by atoms with van der Waals surface area (Å²) in [6.45, 7) is 6.67. The third-order valence-corrected chi connectivity index (χ3v) is 3.29. The molecule has 0 aliphatic heterocycles. The lowest BCUT2D eigenvalue weighted by Gasteiger charge is -2.20. The lowest BCUT2D eigenvalue weighted by molar-refractivity contribution is -0.154. The molecule has 1 aromatic rings. The zero-order valence-electron chi connectivity index (χ0n) is 12.8. The third kappa shape index (κ3) is 5.11. The maximum atomic E-state index is 11.7. The Morgan fingerprint density at radius 3 is 2.25 bits per heavy atom. The lowest BCUT2D eigenvalue weighted by Crippen LogP contribution is -2.26. The molecule has 0 saturated carbocycles. The molecule has 20 heavy (non-hydrogen) atoms. The topological polar surface area (TPSA) is 44.8 Å². The summed E-state index contributed by atoms with van der Waals surface area (Å²) in [6, 6.07) is 7.40. The fourth-order valence-corrected chi connectivity index (χ4v) is 1.43. The van der Waals surface area contributed by atoms with Gasteiger partial charge >= 0.3 is 5.97 Å². The van der Waals surface area contributed by atoms with Gasteiger partial charge in [0, 0.05) is 6.42 Å². The van der Waals surface area contributed by atoms with Crippen molar-refractivity contribution in [2.75, 3.05) is 20.3 Å². The Morgan fingerprint density at radius 1 is 1.10 bits per heavy atom. The predicted octanol–water partition coefficient (Wildman–Crippen LogP) is 3.44. The van der Waals surface area contributed by atoms with Crippen molar-refractivity contribution in [1.82, 2.24) is 0 Å². The molecule has 0 N–H and O–H groups in total. The molecule has 0 aliphatic carbocycles. The maximum Gasteiger partial charge on any atom is 0.311 e. The molecule has 0 amide bonds. The van der Waals surface area contributed by atoms with Gasteiger partial charge in [-0.15, -0.1) is 0 Å². The van der Waals surface area contributed by atoms with Crippen molar-refractivity contribution >= 4 is 5.97 Å². The van der Waals surface area contributed by atoms with E-state index in [2.05, 4.69) is 0 Å². The number of carbonyl (C=O) groups excluding carboxylic acids is 1. The molecule has 0 aliphatic rings. The van der Waals surface area contributed by atoms with Crippen LogP contribution in [0.5, 0.6) is 11.5 Å². The molecule has 1 rings (SSSR count). The fraction of sp³-hybridized carbons (Fsp3) is 0.562. The molecule has 0 radical (unpaired) electrons. The largest absolute Gasteiger partial charge is 0.497 e. The van der Waals surface area contributed by atoms with Crippen LogP contribution in [0.3, 0.4) is 0 Å². The number of hydrogen-bond donors (Lipinski definition) is 0. The molecule has 0 saturated heterocycles. The minimum absolute atomic E-state index is 0.149. The monoisotopic (exact) mass is 280 g/mol. The summed E-state index contributed by atoms with van der Waals surface area (Å²) in [5.41, 5.74) is -0.406. The quantitative estimate of drug-likeness (QED) is 0.540. The average molecular weight is 280 g/mol. The van der Waals surface area contributed by atoms with Crippen LogP contribution in [0.1, 0.15) is 33.6 Å². The molecule has 4 nitrogen and oxygen atoms in total. The number of carbonyl (C=O) groups is 1. The smallest absolute Gasteiger partial charge is 0.311 e. The van der Waals surface area contributed by atoms with Gasteiger partial charge in [-0.2, -0.15) is 0 Å². The van der Waals surface area contributed by atoms with Crippen LogP contribution in [0.15, 0.2) is 24.3 Å². The van der Waals surface area contributed by atoms with Crippen LogP contribution < -0.4 is 9.47 Å². The average Bonchev–Trinajstić information content (AvgIpc) is 2.47. The Labute approximate surface area is 121 Å². The van der Waals surface area contributed by atoms with E-state index in [1.165, 1.54) is 0 Å². The van der Waals surface area contributed by atoms with Crippen LogP contribution in [-0.2, 0) is 9.53 Å². The zero-order valence-corrected chi connectivity index (χ0v) is 12.8. The number of ether oxygens (including phenoxy) is 3. The first-order valence-electron chi connectivity index (χ1n) is 6.93. The highest BCUT2D eigenvalue weighted by Gasteiger charge is 2.26. The van der Waals surface area contributed by atoms with Crippen molar-refractivity contribution < 1.29 is 19.0 Å². The van der Waals surface area contributed by atoms with Gasteiger partial charge in [0.15, 0.2) is 0 Å². The van der Waals surface area contributed by atoms with E-state index in [0.717, 1.165) is 17.9 Å². The van der Waals surface area contributed by atoms with E-state index >= 15 is 0 Å². The SMILES string of the molecule is CCC(C)(C)C(=O)OCCCOc1ccc(OC)cc1. The molecule has 1 aromatic carbocycles. The summed E-state index contributed by atoms with van der Waals surface area (Å²) in [5, 5.41) is 0. The second-order valence-electron chi connectivity index (χ2n) is 5.25. The Hall–Kier alpha value is -1.71. The van der Waals surface area contributed by atoms with Crippen molar-refractivity contribution in [1.29, 1.82) is 0 Å². The first kappa shape index (κ1) is 16.3. The predicted molar refractivity (Wildman–Crippen MR) is 78.1 cm³/mol. The number of rotatable bonds is 8. The molecular formula is C16H24O4. The molecule has 4 heteroatoms. The van der Waals surface area contributed by atoms with Crippen LogP contribution in [0.4, 0.5) is 0 Å². The molecule has 0 heterocycles. The van der Waals surface area contributed by atoms with Gasteiger partial charge in [0.05, 0.1) is 25.7 Å². The van der Waals surface area contributed by atoms with Crippen LogP contribution in [0.2, 0.25) is 0 Å². The molecule has 0 unspecified atom stereocenters. The van der Waals surface area contributed by atoms with Crippen LogP contribution in [0, 0.1) is 5.41 Å². The lowest BCUT2D eigenvalue weighted by atomic mass is 9.91. The standard InChI is InChI=1S/C16H24O4/c1-5-16(2,3)15(17)20-12-6-11-19-14-9-7-13(18-4)8-10-14/h7-10H,5-6,11-12H2,1-4H3. The van der Waals surface area contributed by atoms with Crippen LogP contribution in [0.25, 0.3) is 0 Å². The Morgan fingerprint density at radius 2 is 1.70 bits per heavy atom. The van der Waals surface area contributed by atoms with Crippen LogP contribution in [-0.4, -0.2) is 26.3 Å². The fourth-order valence-electron chi connectivity index (χ4n) is 1.43. The summed E-state index contributed by atoms with van der Waals surface area (Å²) >= 11 is 0. The van der Waals surface area contributed by atoms with E-state index in [4.69, 9.17) is 14.2 Å². The maximum absolute atomic E-state index is 11.7. The number of esters is 1. The van der Waals surface area contributed by atoms with Crippen LogP contribution >= 0.6 is 0 Å². The molecular weight excluding hydrogens is 256 g/mol. The Kier molecular flexibility index (Phi) is 6.36. The number of hydrogen-bond acceptors (Lipinski definition) is 4.